The minimum Gasteiger partial charge on any atom is -0.393 e. The first-order chi connectivity index (χ1) is 5.92. The molecule has 0 aromatic carbocycles. The maximum Gasteiger partial charge on any atom is 0.184 e. The molecule has 1 aliphatic heterocycles. The smallest absolute Gasteiger partial charge is 0.184 e. The Labute approximate surface area is 75.0 Å². The van der Waals surface area contributed by atoms with Crippen molar-refractivity contribution < 1.29 is 30.3 Å². The number of hydrogen-bond donors (Lipinski definition) is 5. The number of ether oxygens (including phenoxy) is 1. The van der Waals surface area contributed by atoms with Crippen LogP contribution in [-0.2, 0) is 4.74 Å². The van der Waals surface area contributed by atoms with Gasteiger partial charge in [-0.3, -0.25) is 0 Å². The molecular weight excluding hydrogens is 180 g/mol. The van der Waals surface area contributed by atoms with E-state index in [0.717, 1.165) is 0 Å². The van der Waals surface area contributed by atoms with E-state index in [1.165, 1.54) is 6.92 Å². The summed E-state index contributed by atoms with van der Waals surface area (Å²) in [5.74, 6) is 0. The van der Waals surface area contributed by atoms with E-state index >= 15 is 0 Å². The molecule has 0 aliphatic carbocycles. The predicted octanol–water partition coefficient (Wildman–Crippen LogP) is -2.83. The molecule has 6 heteroatoms. The van der Waals surface area contributed by atoms with Crippen molar-refractivity contribution in [3.63, 3.8) is 0 Å². The molecule has 78 valence electrons. The third-order valence-corrected chi connectivity index (χ3v) is 2.30. The van der Waals surface area contributed by atoms with Crippen molar-refractivity contribution in [1.82, 2.24) is 0 Å². The lowest BCUT2D eigenvalue weighted by Gasteiger charge is -2.44. The van der Waals surface area contributed by atoms with Gasteiger partial charge in [-0.2, -0.15) is 0 Å². The van der Waals surface area contributed by atoms with Gasteiger partial charge in [-0.15, -0.1) is 0 Å². The van der Waals surface area contributed by atoms with E-state index in [1.54, 1.807) is 0 Å². The highest BCUT2D eigenvalue weighted by atomic mass is 16.6. The number of aliphatic hydroxyl groups excluding tert-OH is 5. The van der Waals surface area contributed by atoms with Crippen LogP contribution in [0.25, 0.3) is 0 Å². The fraction of sp³-hybridized carbons (Fsp3) is 1.00. The second kappa shape index (κ2) is 3.49. The molecule has 0 unspecified atom stereocenters. The van der Waals surface area contributed by atoms with Gasteiger partial charge in [0.1, 0.15) is 23.9 Å². The van der Waals surface area contributed by atoms with Gasteiger partial charge in [0.25, 0.3) is 0 Å². The van der Waals surface area contributed by atoms with E-state index in [0.29, 0.717) is 0 Å². The second-order valence-electron chi connectivity index (χ2n) is 3.41. The maximum atomic E-state index is 9.38. The molecule has 0 aromatic heterocycles. The monoisotopic (exact) mass is 194 g/mol. The first kappa shape index (κ1) is 10.8. The van der Waals surface area contributed by atoms with Crippen LogP contribution < -0.4 is 0 Å². The standard InChI is InChI=1S/C7H14O6/c1-7(2-8)5(11)3(9)4(10)6(12)13-7/h3-6,8-12H,2H2,1H3/t3-,4-,5-,6-,7-/m1/s1. The molecule has 1 fully saturated rings. The molecule has 0 bridgehead atoms. The minimum atomic E-state index is -1.60. The van der Waals surface area contributed by atoms with Crippen LogP contribution in [0.4, 0.5) is 0 Å². The first-order valence-electron chi connectivity index (χ1n) is 3.93. The van der Waals surface area contributed by atoms with Gasteiger partial charge in [0.2, 0.25) is 0 Å². The number of hydrogen-bond acceptors (Lipinski definition) is 6. The highest BCUT2D eigenvalue weighted by molar-refractivity contribution is 4.96. The SMILES string of the molecule is C[C@]1(CO)O[C@@H](O)[C@H](O)[C@@H](O)[C@H]1O. The fourth-order valence-electron chi connectivity index (χ4n) is 1.26. The molecule has 5 N–H and O–H groups in total. The van der Waals surface area contributed by atoms with Gasteiger partial charge >= 0.3 is 0 Å². The molecule has 0 spiro atoms. The van der Waals surface area contributed by atoms with Crippen LogP contribution in [0, 0.1) is 0 Å². The van der Waals surface area contributed by atoms with Crippen LogP contribution in [0.5, 0.6) is 0 Å². The summed E-state index contributed by atoms with van der Waals surface area (Å²) in [6.07, 6.45) is -6.12. The van der Waals surface area contributed by atoms with Crippen molar-refractivity contribution in [3.05, 3.63) is 0 Å². The molecule has 5 atom stereocenters. The summed E-state index contributed by atoms with van der Waals surface area (Å²) in [7, 11) is 0. The summed E-state index contributed by atoms with van der Waals surface area (Å²) in [4.78, 5) is 0. The lowest BCUT2D eigenvalue weighted by molar-refractivity contribution is -0.321. The zero-order valence-corrected chi connectivity index (χ0v) is 7.16. The molecule has 1 saturated heterocycles. The van der Waals surface area contributed by atoms with Crippen LogP contribution in [0.1, 0.15) is 6.92 Å². The normalized spacial score (nSPS) is 52.2. The van der Waals surface area contributed by atoms with Crippen LogP contribution in [0.2, 0.25) is 0 Å². The quantitative estimate of drug-likeness (QED) is 0.308. The molecule has 0 aromatic rings. The molecule has 0 saturated carbocycles. The van der Waals surface area contributed by atoms with E-state index in [4.69, 9.17) is 20.1 Å². The molecule has 1 aliphatic rings. The molecule has 0 amide bonds. The van der Waals surface area contributed by atoms with Gasteiger partial charge in [-0.1, -0.05) is 0 Å². The molecule has 13 heavy (non-hydrogen) atoms. The number of aliphatic hydroxyl groups is 5. The second-order valence-corrected chi connectivity index (χ2v) is 3.41. The average molecular weight is 194 g/mol. The fourth-order valence-corrected chi connectivity index (χ4v) is 1.26. The van der Waals surface area contributed by atoms with Crippen LogP contribution >= 0.6 is 0 Å². The van der Waals surface area contributed by atoms with Gasteiger partial charge in [-0.25, -0.2) is 0 Å². The molecule has 6 nitrogen and oxygen atoms in total. The Morgan fingerprint density at radius 3 is 2.15 bits per heavy atom. The Balaban J connectivity index is 2.82. The van der Waals surface area contributed by atoms with Crippen molar-refractivity contribution >= 4 is 0 Å². The van der Waals surface area contributed by atoms with Gasteiger partial charge in [0.05, 0.1) is 6.61 Å². The molecule has 0 radical (unpaired) electrons. The van der Waals surface area contributed by atoms with Crippen LogP contribution in [-0.4, -0.2) is 62.3 Å². The zero-order chi connectivity index (χ0) is 10.2. The summed E-state index contributed by atoms with van der Waals surface area (Å²) in [6, 6.07) is 0. The van der Waals surface area contributed by atoms with Gasteiger partial charge in [0, 0.05) is 0 Å². The summed E-state index contributed by atoms with van der Waals surface area (Å²) in [5.41, 5.74) is -1.45. The Bertz CT molecular complexity index is 186. The van der Waals surface area contributed by atoms with Crippen LogP contribution in [0.3, 0.4) is 0 Å². The van der Waals surface area contributed by atoms with E-state index in [1.807, 2.05) is 0 Å². The largest absolute Gasteiger partial charge is 0.393 e. The highest BCUT2D eigenvalue weighted by Gasteiger charge is 2.50. The lowest BCUT2D eigenvalue weighted by Crippen LogP contribution is -2.64. The topological polar surface area (TPSA) is 110 Å². The van der Waals surface area contributed by atoms with Gasteiger partial charge < -0.3 is 30.3 Å². The van der Waals surface area contributed by atoms with Crippen molar-refractivity contribution in [3.8, 4) is 0 Å². The van der Waals surface area contributed by atoms with Crippen molar-refractivity contribution in [1.29, 1.82) is 0 Å². The van der Waals surface area contributed by atoms with Crippen molar-refractivity contribution in [2.45, 2.75) is 37.1 Å². The van der Waals surface area contributed by atoms with E-state index in [9.17, 15) is 10.2 Å². The van der Waals surface area contributed by atoms with Crippen molar-refractivity contribution in [2.75, 3.05) is 6.61 Å². The van der Waals surface area contributed by atoms with E-state index in [-0.39, 0.29) is 0 Å². The Kier molecular flexibility index (Phi) is 2.91. The lowest BCUT2D eigenvalue weighted by atomic mass is 9.89. The minimum absolute atomic E-state index is 0.561. The summed E-state index contributed by atoms with van der Waals surface area (Å²) >= 11 is 0. The van der Waals surface area contributed by atoms with Gasteiger partial charge in [-0.05, 0) is 6.92 Å². The third kappa shape index (κ3) is 1.69. The molecular formula is C7H14O6. The zero-order valence-electron chi connectivity index (χ0n) is 7.16. The number of rotatable bonds is 1. The van der Waals surface area contributed by atoms with E-state index in [2.05, 4.69) is 0 Å². The van der Waals surface area contributed by atoms with E-state index < -0.39 is 36.8 Å². The predicted molar refractivity (Wildman–Crippen MR) is 40.6 cm³/mol. The Hall–Kier alpha value is -0.240. The summed E-state index contributed by atoms with van der Waals surface area (Å²) in [6.45, 7) is 0.769. The average Bonchev–Trinajstić information content (AvgIpc) is 2.12. The van der Waals surface area contributed by atoms with Gasteiger partial charge in [0.15, 0.2) is 6.29 Å². The molecule has 1 heterocycles. The van der Waals surface area contributed by atoms with Crippen molar-refractivity contribution in [2.24, 2.45) is 0 Å². The highest BCUT2D eigenvalue weighted by Crippen LogP contribution is 2.28. The summed E-state index contributed by atoms with van der Waals surface area (Å²) in [5, 5.41) is 45.6. The Morgan fingerprint density at radius 1 is 1.15 bits per heavy atom. The summed E-state index contributed by atoms with van der Waals surface area (Å²) < 4.78 is 4.76. The molecule has 1 rings (SSSR count). The third-order valence-electron chi connectivity index (χ3n) is 2.30. The van der Waals surface area contributed by atoms with Crippen LogP contribution in [0.15, 0.2) is 0 Å². The first-order valence-corrected chi connectivity index (χ1v) is 3.93. The maximum absolute atomic E-state index is 9.38. The Morgan fingerprint density at radius 2 is 1.69 bits per heavy atom.